The van der Waals surface area contributed by atoms with Crippen LogP contribution in [0.25, 0.3) is 0 Å². The molecule has 2 aromatic rings. The number of benzene rings is 2. The van der Waals surface area contributed by atoms with Gasteiger partial charge in [0.2, 0.25) is 5.91 Å². The predicted octanol–water partition coefficient (Wildman–Crippen LogP) is 4.65. The van der Waals surface area contributed by atoms with E-state index < -0.39 is 0 Å². The molecule has 1 aliphatic heterocycles. The summed E-state index contributed by atoms with van der Waals surface area (Å²) in [7, 11) is 0. The zero-order chi connectivity index (χ0) is 20.1. The van der Waals surface area contributed by atoms with E-state index in [2.05, 4.69) is 32.8 Å². The van der Waals surface area contributed by atoms with E-state index in [4.69, 9.17) is 11.6 Å². The predicted molar refractivity (Wildman–Crippen MR) is 122 cm³/mol. The van der Waals surface area contributed by atoms with Crippen LogP contribution in [0.1, 0.15) is 30.1 Å². The molecule has 1 saturated heterocycles. The molecule has 28 heavy (non-hydrogen) atoms. The number of hydrogen-bond acceptors (Lipinski definition) is 3. The summed E-state index contributed by atoms with van der Waals surface area (Å²) in [4.78, 5) is 28.9. The molecule has 0 radical (unpaired) electrons. The molecule has 0 spiro atoms. The molecule has 2 amide bonds. The van der Waals surface area contributed by atoms with E-state index in [0.717, 1.165) is 28.8 Å². The lowest BCUT2D eigenvalue weighted by molar-refractivity contribution is -0.131. The molecule has 2 aromatic carbocycles. The van der Waals surface area contributed by atoms with Crippen molar-refractivity contribution in [1.29, 1.82) is 0 Å². The van der Waals surface area contributed by atoms with E-state index in [1.54, 1.807) is 12.1 Å². The third-order valence-electron chi connectivity index (χ3n) is 4.73. The number of nitrogens with zero attached hydrogens (tertiary/aromatic N) is 2. The first-order valence-corrected chi connectivity index (χ1v) is 10.8. The van der Waals surface area contributed by atoms with Gasteiger partial charge in [0.1, 0.15) is 0 Å². The molecule has 5 nitrogen and oxygen atoms in total. The molecule has 1 N–H and O–H groups in total. The van der Waals surface area contributed by atoms with Gasteiger partial charge in [-0.05, 0) is 65.4 Å². The van der Waals surface area contributed by atoms with E-state index in [0.29, 0.717) is 35.8 Å². The first kappa shape index (κ1) is 20.9. The van der Waals surface area contributed by atoms with Crippen molar-refractivity contribution >= 4 is 57.4 Å². The highest BCUT2D eigenvalue weighted by Crippen LogP contribution is 2.30. The lowest BCUT2D eigenvalue weighted by Gasteiger charge is -2.37. The van der Waals surface area contributed by atoms with Crippen LogP contribution in [0.3, 0.4) is 0 Å². The van der Waals surface area contributed by atoms with Crippen molar-refractivity contribution in [2.75, 3.05) is 36.4 Å². The number of nitrogens with one attached hydrogen (secondary N) is 1. The Bertz CT molecular complexity index is 866. The Morgan fingerprint density at radius 2 is 1.86 bits per heavy atom. The molecule has 1 fully saturated rings. The summed E-state index contributed by atoms with van der Waals surface area (Å²) in [5.41, 5.74) is 2.21. The molecule has 0 bridgehead atoms. The first-order valence-electron chi connectivity index (χ1n) is 9.37. The zero-order valence-corrected chi connectivity index (χ0v) is 18.7. The van der Waals surface area contributed by atoms with E-state index in [1.807, 2.05) is 42.2 Å². The number of hydrogen-bond donors (Lipinski definition) is 1. The Morgan fingerprint density at radius 1 is 1.11 bits per heavy atom. The number of amides is 2. The number of carbonyl (C=O) groups is 2. The maximum atomic E-state index is 12.7. The van der Waals surface area contributed by atoms with Gasteiger partial charge in [0.25, 0.3) is 5.91 Å². The summed E-state index contributed by atoms with van der Waals surface area (Å²) in [6.07, 6.45) is 1.46. The zero-order valence-electron chi connectivity index (χ0n) is 15.8. The SMILES string of the molecule is CCCC(=O)N1CCN(c2ccc(Cl)cc2NC(=O)c2cccc(I)c2)CC1. The first-order chi connectivity index (χ1) is 13.5. The molecule has 7 heteroatoms. The fourth-order valence-electron chi connectivity index (χ4n) is 3.28. The van der Waals surface area contributed by atoms with E-state index in [1.165, 1.54) is 0 Å². The van der Waals surface area contributed by atoms with E-state index >= 15 is 0 Å². The number of halogens is 2. The van der Waals surface area contributed by atoms with Gasteiger partial charge in [0, 0.05) is 46.8 Å². The van der Waals surface area contributed by atoms with Crippen LogP contribution in [0.4, 0.5) is 11.4 Å². The Balaban J connectivity index is 1.75. The molecule has 0 unspecified atom stereocenters. The summed E-state index contributed by atoms with van der Waals surface area (Å²) in [5, 5.41) is 3.57. The lowest BCUT2D eigenvalue weighted by atomic mass is 10.1. The van der Waals surface area contributed by atoms with Crippen molar-refractivity contribution in [3.63, 3.8) is 0 Å². The maximum absolute atomic E-state index is 12.7. The van der Waals surface area contributed by atoms with Crippen LogP contribution in [-0.2, 0) is 4.79 Å². The second-order valence-corrected chi connectivity index (χ2v) is 8.43. The van der Waals surface area contributed by atoms with Gasteiger partial charge in [0.05, 0.1) is 11.4 Å². The fraction of sp³-hybridized carbons (Fsp3) is 0.333. The fourth-order valence-corrected chi connectivity index (χ4v) is 3.99. The molecule has 0 aromatic heterocycles. The van der Waals surface area contributed by atoms with Crippen LogP contribution in [0.15, 0.2) is 42.5 Å². The summed E-state index contributed by atoms with van der Waals surface area (Å²) in [6.45, 7) is 4.84. The molecule has 1 heterocycles. The average Bonchev–Trinajstić information content (AvgIpc) is 2.68. The van der Waals surface area contributed by atoms with Crippen LogP contribution in [0, 0.1) is 3.57 Å². The van der Waals surface area contributed by atoms with Crippen LogP contribution < -0.4 is 10.2 Å². The summed E-state index contributed by atoms with van der Waals surface area (Å²) in [5.74, 6) is 0.0456. The minimum absolute atomic E-state index is 0.168. The number of rotatable bonds is 5. The standard InChI is InChI=1S/C21H23ClIN3O2/c1-2-4-20(27)26-11-9-25(10-12-26)19-8-7-16(22)14-18(19)24-21(28)15-5-3-6-17(23)13-15/h3,5-8,13-14H,2,4,9-12H2,1H3,(H,24,28). The van der Waals surface area contributed by atoms with Gasteiger partial charge in [-0.15, -0.1) is 0 Å². The summed E-state index contributed by atoms with van der Waals surface area (Å²) >= 11 is 8.37. The van der Waals surface area contributed by atoms with E-state index in [9.17, 15) is 9.59 Å². The quantitative estimate of drug-likeness (QED) is 0.595. The van der Waals surface area contributed by atoms with Crippen molar-refractivity contribution in [1.82, 2.24) is 4.90 Å². The third-order valence-corrected chi connectivity index (χ3v) is 5.64. The number of piperazine rings is 1. The van der Waals surface area contributed by atoms with Gasteiger partial charge in [0.15, 0.2) is 0 Å². The van der Waals surface area contributed by atoms with Crippen LogP contribution >= 0.6 is 34.2 Å². The second-order valence-electron chi connectivity index (χ2n) is 6.74. The van der Waals surface area contributed by atoms with Gasteiger partial charge >= 0.3 is 0 Å². The highest BCUT2D eigenvalue weighted by molar-refractivity contribution is 14.1. The van der Waals surface area contributed by atoms with Crippen molar-refractivity contribution in [3.05, 3.63) is 56.6 Å². The highest BCUT2D eigenvalue weighted by atomic mass is 127. The van der Waals surface area contributed by atoms with Crippen molar-refractivity contribution in [3.8, 4) is 0 Å². The van der Waals surface area contributed by atoms with Crippen LogP contribution in [0.2, 0.25) is 5.02 Å². The van der Waals surface area contributed by atoms with Gasteiger partial charge in [-0.25, -0.2) is 0 Å². The lowest BCUT2D eigenvalue weighted by Crippen LogP contribution is -2.48. The molecule has 0 aliphatic carbocycles. The Labute approximate surface area is 184 Å². The molecule has 1 aliphatic rings. The Kier molecular flexibility index (Phi) is 7.18. The number of carbonyl (C=O) groups excluding carboxylic acids is 2. The minimum atomic E-state index is -0.168. The van der Waals surface area contributed by atoms with Crippen molar-refractivity contribution in [2.24, 2.45) is 0 Å². The van der Waals surface area contributed by atoms with Gasteiger partial charge in [-0.1, -0.05) is 24.6 Å². The summed E-state index contributed by atoms with van der Waals surface area (Å²) in [6, 6.07) is 13.0. The normalized spacial score (nSPS) is 14.1. The van der Waals surface area contributed by atoms with Crippen LogP contribution in [0.5, 0.6) is 0 Å². The molecular weight excluding hydrogens is 489 g/mol. The van der Waals surface area contributed by atoms with Gasteiger partial charge in [-0.2, -0.15) is 0 Å². The Morgan fingerprint density at radius 3 is 2.54 bits per heavy atom. The van der Waals surface area contributed by atoms with Gasteiger partial charge in [-0.3, -0.25) is 9.59 Å². The number of anilines is 2. The Hall–Kier alpha value is -1.80. The molecular formula is C21H23ClIN3O2. The monoisotopic (exact) mass is 511 g/mol. The largest absolute Gasteiger partial charge is 0.366 e. The smallest absolute Gasteiger partial charge is 0.255 e. The molecule has 148 valence electrons. The molecule has 0 saturated carbocycles. The highest BCUT2D eigenvalue weighted by Gasteiger charge is 2.23. The van der Waals surface area contributed by atoms with Crippen molar-refractivity contribution in [2.45, 2.75) is 19.8 Å². The topological polar surface area (TPSA) is 52.7 Å². The molecule has 0 atom stereocenters. The molecule has 3 rings (SSSR count). The summed E-state index contributed by atoms with van der Waals surface area (Å²) < 4.78 is 1.00. The van der Waals surface area contributed by atoms with Crippen molar-refractivity contribution < 1.29 is 9.59 Å². The third kappa shape index (κ3) is 5.17. The minimum Gasteiger partial charge on any atom is -0.366 e. The average molecular weight is 512 g/mol. The van der Waals surface area contributed by atoms with E-state index in [-0.39, 0.29) is 11.8 Å². The van der Waals surface area contributed by atoms with Gasteiger partial charge < -0.3 is 15.1 Å². The van der Waals surface area contributed by atoms with Crippen LogP contribution in [-0.4, -0.2) is 42.9 Å². The second kappa shape index (κ2) is 9.60. The maximum Gasteiger partial charge on any atom is 0.255 e.